The van der Waals surface area contributed by atoms with Gasteiger partial charge in [-0.15, -0.1) is 0 Å². The van der Waals surface area contributed by atoms with E-state index in [1.807, 2.05) is 21.1 Å². The Labute approximate surface area is 363 Å². The molecule has 0 aliphatic rings. The van der Waals surface area contributed by atoms with Crippen molar-refractivity contribution in [2.45, 2.75) is 219 Å². The first kappa shape index (κ1) is 57.2. The molecular weight excluding hydrogens is 762 g/mol. The fourth-order valence-corrected chi connectivity index (χ4v) is 7.40. The number of likely N-dealkylation sites (N-methyl/N-ethyl adjacent to an activating group) is 1. The summed E-state index contributed by atoms with van der Waals surface area (Å²) in [6.45, 7) is 4.13. The number of esters is 2. The van der Waals surface area contributed by atoms with Crippen LogP contribution < -0.4 is 4.89 Å². The van der Waals surface area contributed by atoms with E-state index in [1.165, 1.54) is 116 Å². The number of carbonyl (C=O) groups excluding carboxylic acids is 2. The lowest BCUT2D eigenvalue weighted by Crippen LogP contribution is -2.37. The Morgan fingerprint density at radius 2 is 0.966 bits per heavy atom. The van der Waals surface area contributed by atoms with Crippen molar-refractivity contribution in [2.24, 2.45) is 0 Å². The van der Waals surface area contributed by atoms with E-state index in [-0.39, 0.29) is 32.0 Å². The Morgan fingerprint density at radius 3 is 1.44 bits per heavy atom. The molecule has 0 aromatic carbocycles. The van der Waals surface area contributed by atoms with E-state index in [2.05, 4.69) is 50.3 Å². The Kier molecular flexibility index (Phi) is 40.3. The standard InChI is InChI=1S/C49H92NO8P/c1-6-8-10-12-14-16-18-20-22-24-26-27-29-31-33-35-37-39-41-48(51)55-45-47(46-57-59(53,54)56-44-43-50(3,4)5)58-49(52)42-40-38-36-34-32-30-28-25-23-21-19-17-15-13-11-9-7-2/h9,11,15,17,21,23,47H,6-8,10,12-14,16,18-20,22,24-46H2,1-5H3/b11-9-,17-15-,23-21-. The minimum absolute atomic E-state index is 0.0321. The van der Waals surface area contributed by atoms with Crippen molar-refractivity contribution in [1.82, 2.24) is 0 Å². The van der Waals surface area contributed by atoms with Crippen LogP contribution in [0, 0.1) is 0 Å². The number of rotatable bonds is 44. The molecule has 0 N–H and O–H groups in total. The van der Waals surface area contributed by atoms with Crippen molar-refractivity contribution in [3.8, 4) is 0 Å². The fourth-order valence-electron chi connectivity index (χ4n) is 6.67. The van der Waals surface area contributed by atoms with Gasteiger partial charge in [-0.05, 0) is 44.9 Å². The summed E-state index contributed by atoms with van der Waals surface area (Å²) in [5.41, 5.74) is 0. The molecular formula is C49H92NO8P. The molecule has 10 heteroatoms. The summed E-state index contributed by atoms with van der Waals surface area (Å²) >= 11 is 0. The maximum absolute atomic E-state index is 12.7. The topological polar surface area (TPSA) is 111 Å². The molecule has 0 fully saturated rings. The Morgan fingerprint density at radius 1 is 0.542 bits per heavy atom. The molecule has 59 heavy (non-hydrogen) atoms. The van der Waals surface area contributed by atoms with Crippen LogP contribution >= 0.6 is 7.82 Å². The second kappa shape index (κ2) is 41.6. The number of hydrogen-bond acceptors (Lipinski definition) is 8. The number of unbranched alkanes of at least 4 members (excludes halogenated alkanes) is 24. The number of phosphoric ester groups is 1. The van der Waals surface area contributed by atoms with Gasteiger partial charge in [-0.1, -0.05) is 192 Å². The third kappa shape index (κ3) is 45.6. The van der Waals surface area contributed by atoms with E-state index in [0.29, 0.717) is 17.4 Å². The van der Waals surface area contributed by atoms with Crippen LogP contribution in [0.3, 0.4) is 0 Å². The van der Waals surface area contributed by atoms with Gasteiger partial charge in [0.2, 0.25) is 0 Å². The zero-order chi connectivity index (χ0) is 43.6. The van der Waals surface area contributed by atoms with Crippen molar-refractivity contribution in [3.63, 3.8) is 0 Å². The molecule has 0 radical (unpaired) electrons. The van der Waals surface area contributed by atoms with Gasteiger partial charge in [0.1, 0.15) is 19.8 Å². The molecule has 0 amide bonds. The highest BCUT2D eigenvalue weighted by Crippen LogP contribution is 2.38. The first-order valence-electron chi connectivity index (χ1n) is 24.2. The molecule has 0 saturated carbocycles. The first-order valence-corrected chi connectivity index (χ1v) is 25.7. The second-order valence-corrected chi connectivity index (χ2v) is 18.9. The maximum Gasteiger partial charge on any atom is 0.306 e. The van der Waals surface area contributed by atoms with Crippen molar-refractivity contribution >= 4 is 19.8 Å². The lowest BCUT2D eigenvalue weighted by atomic mass is 10.0. The zero-order valence-corrected chi connectivity index (χ0v) is 39.8. The maximum atomic E-state index is 12.7. The molecule has 0 aromatic heterocycles. The minimum Gasteiger partial charge on any atom is -0.756 e. The summed E-state index contributed by atoms with van der Waals surface area (Å²) in [6.07, 6.45) is 47.4. The van der Waals surface area contributed by atoms with Crippen LogP contribution in [0.25, 0.3) is 0 Å². The van der Waals surface area contributed by atoms with E-state index >= 15 is 0 Å². The molecule has 0 saturated heterocycles. The lowest BCUT2D eigenvalue weighted by Gasteiger charge is -2.28. The van der Waals surface area contributed by atoms with Crippen molar-refractivity contribution in [3.05, 3.63) is 36.5 Å². The number of hydrogen-bond donors (Lipinski definition) is 0. The SMILES string of the molecule is CC/C=C\C/C=C\C/C=C\CCCCCCCCCC(=O)OC(COC(=O)CCCCCCCCCCCCCCCCCCCC)COP(=O)([O-])OCC[N+](C)(C)C. The van der Waals surface area contributed by atoms with E-state index in [0.717, 1.165) is 64.2 Å². The van der Waals surface area contributed by atoms with Gasteiger partial charge in [-0.3, -0.25) is 14.2 Å². The molecule has 0 aliphatic carbocycles. The third-order valence-electron chi connectivity index (χ3n) is 10.4. The predicted molar refractivity (Wildman–Crippen MR) is 245 cm³/mol. The van der Waals surface area contributed by atoms with Gasteiger partial charge >= 0.3 is 11.9 Å². The molecule has 0 aliphatic heterocycles. The van der Waals surface area contributed by atoms with Gasteiger partial charge in [0.25, 0.3) is 7.82 Å². The highest BCUT2D eigenvalue weighted by molar-refractivity contribution is 7.45. The minimum atomic E-state index is -4.63. The normalized spacial score (nSPS) is 13.8. The fraction of sp³-hybridized carbons (Fsp3) is 0.837. The molecule has 9 nitrogen and oxygen atoms in total. The molecule has 0 rings (SSSR count). The van der Waals surface area contributed by atoms with Gasteiger partial charge in [0.05, 0.1) is 27.7 Å². The quantitative estimate of drug-likeness (QED) is 0.0196. The second-order valence-electron chi connectivity index (χ2n) is 17.5. The van der Waals surface area contributed by atoms with Crippen molar-refractivity contribution < 1.29 is 42.1 Å². The molecule has 2 atom stereocenters. The number of allylic oxidation sites excluding steroid dienone is 6. The number of carbonyl (C=O) groups is 2. The predicted octanol–water partition coefficient (Wildman–Crippen LogP) is 13.5. The van der Waals surface area contributed by atoms with E-state index in [9.17, 15) is 19.0 Å². The van der Waals surface area contributed by atoms with Crippen LogP contribution in [-0.4, -0.2) is 70.0 Å². The van der Waals surface area contributed by atoms with E-state index in [4.69, 9.17) is 18.5 Å². The summed E-state index contributed by atoms with van der Waals surface area (Å²) in [6, 6.07) is 0. The molecule has 0 heterocycles. The lowest BCUT2D eigenvalue weighted by molar-refractivity contribution is -0.870. The van der Waals surface area contributed by atoms with Crippen LogP contribution in [0.4, 0.5) is 0 Å². The summed E-state index contributed by atoms with van der Waals surface area (Å²) < 4.78 is 34.0. The highest BCUT2D eigenvalue weighted by Gasteiger charge is 2.21. The molecule has 0 aromatic rings. The summed E-state index contributed by atoms with van der Waals surface area (Å²) in [4.78, 5) is 37.6. The number of ether oxygens (including phenoxy) is 2. The van der Waals surface area contributed by atoms with Crippen LogP contribution in [-0.2, 0) is 32.7 Å². The van der Waals surface area contributed by atoms with Gasteiger partial charge in [0.15, 0.2) is 6.10 Å². The Hall–Kier alpha value is -1.77. The smallest absolute Gasteiger partial charge is 0.306 e. The molecule has 346 valence electrons. The van der Waals surface area contributed by atoms with Crippen LogP contribution in [0.5, 0.6) is 0 Å². The van der Waals surface area contributed by atoms with Gasteiger partial charge < -0.3 is 27.9 Å². The Bertz CT molecular complexity index is 1100. The molecule has 0 spiro atoms. The summed E-state index contributed by atoms with van der Waals surface area (Å²) in [5, 5.41) is 0. The van der Waals surface area contributed by atoms with E-state index in [1.54, 1.807) is 0 Å². The van der Waals surface area contributed by atoms with Crippen molar-refractivity contribution in [2.75, 3.05) is 47.5 Å². The third-order valence-corrected chi connectivity index (χ3v) is 11.4. The van der Waals surface area contributed by atoms with Gasteiger partial charge in [-0.25, -0.2) is 0 Å². The number of quaternary nitrogens is 1. The molecule has 2 unspecified atom stereocenters. The van der Waals surface area contributed by atoms with Gasteiger partial charge in [-0.2, -0.15) is 0 Å². The van der Waals surface area contributed by atoms with Gasteiger partial charge in [0, 0.05) is 12.8 Å². The first-order chi connectivity index (χ1) is 28.5. The molecule has 0 bridgehead atoms. The van der Waals surface area contributed by atoms with E-state index < -0.39 is 26.5 Å². The largest absolute Gasteiger partial charge is 0.756 e. The van der Waals surface area contributed by atoms with Crippen LogP contribution in [0.2, 0.25) is 0 Å². The van der Waals surface area contributed by atoms with Crippen molar-refractivity contribution in [1.29, 1.82) is 0 Å². The zero-order valence-electron chi connectivity index (χ0n) is 39.0. The highest BCUT2D eigenvalue weighted by atomic mass is 31.2. The monoisotopic (exact) mass is 854 g/mol. The summed E-state index contributed by atoms with van der Waals surface area (Å²) in [7, 11) is 1.16. The average molecular weight is 854 g/mol. The van der Waals surface area contributed by atoms with Crippen LogP contribution in [0.15, 0.2) is 36.5 Å². The summed E-state index contributed by atoms with van der Waals surface area (Å²) in [5.74, 6) is -0.838. The van der Waals surface area contributed by atoms with Crippen LogP contribution in [0.1, 0.15) is 213 Å². The Balaban J connectivity index is 4.28. The average Bonchev–Trinajstić information content (AvgIpc) is 3.19. The number of phosphoric acid groups is 1. The number of nitrogens with zero attached hydrogens (tertiary/aromatic N) is 1.